The second kappa shape index (κ2) is 5.91. The summed E-state index contributed by atoms with van der Waals surface area (Å²) in [6.07, 6.45) is 7.07. The molecule has 2 aliphatic heterocycles. The highest BCUT2D eigenvalue weighted by atomic mass is 16.3. The van der Waals surface area contributed by atoms with E-state index < -0.39 is 5.60 Å². The van der Waals surface area contributed by atoms with Gasteiger partial charge in [0, 0.05) is 31.7 Å². The molecule has 0 bridgehead atoms. The number of nitrogens with two attached hydrogens (primary N) is 1. The minimum Gasteiger partial charge on any atom is -0.388 e. The minimum absolute atomic E-state index is 0.418. The lowest BCUT2D eigenvalue weighted by Crippen LogP contribution is -2.55. The molecule has 1 aliphatic carbocycles. The van der Waals surface area contributed by atoms with E-state index >= 15 is 0 Å². The lowest BCUT2D eigenvalue weighted by Gasteiger charge is -2.43. The fourth-order valence-electron chi connectivity index (χ4n) is 4.69. The predicted octanol–water partition coefficient (Wildman–Crippen LogP) is 1.03. The van der Waals surface area contributed by atoms with Crippen molar-refractivity contribution in [2.75, 3.05) is 32.7 Å². The van der Waals surface area contributed by atoms with Crippen molar-refractivity contribution in [1.82, 2.24) is 9.80 Å². The van der Waals surface area contributed by atoms with Crippen molar-refractivity contribution in [2.24, 2.45) is 11.7 Å². The summed E-state index contributed by atoms with van der Waals surface area (Å²) in [5.74, 6) is 0.418. The van der Waals surface area contributed by atoms with Crippen LogP contribution in [0.25, 0.3) is 0 Å². The smallest absolute Gasteiger partial charge is 0.0797 e. The maximum atomic E-state index is 10.6. The zero-order chi connectivity index (χ0) is 14.2. The standard InChI is InChI=1S/C16H31N3O/c1-13-10-19-8-3-5-15(19)11-18(13)9-6-14-4-2-7-16(14,20)12-17/h13-15,20H,2-12,17H2,1H3. The Morgan fingerprint density at radius 1 is 1.25 bits per heavy atom. The Kier molecular flexibility index (Phi) is 4.37. The van der Waals surface area contributed by atoms with Gasteiger partial charge in [-0.15, -0.1) is 0 Å². The van der Waals surface area contributed by atoms with E-state index in [0.29, 0.717) is 18.5 Å². The van der Waals surface area contributed by atoms with Crippen molar-refractivity contribution in [3.8, 4) is 0 Å². The van der Waals surface area contributed by atoms with Crippen molar-refractivity contribution in [1.29, 1.82) is 0 Å². The van der Waals surface area contributed by atoms with Gasteiger partial charge in [-0.3, -0.25) is 9.80 Å². The number of fused-ring (bicyclic) bond motifs is 1. The zero-order valence-corrected chi connectivity index (χ0v) is 12.9. The van der Waals surface area contributed by atoms with E-state index in [4.69, 9.17) is 5.73 Å². The van der Waals surface area contributed by atoms with Crippen molar-refractivity contribution >= 4 is 0 Å². The molecule has 4 unspecified atom stereocenters. The molecule has 116 valence electrons. The molecular weight excluding hydrogens is 250 g/mol. The van der Waals surface area contributed by atoms with Gasteiger partial charge in [-0.2, -0.15) is 0 Å². The van der Waals surface area contributed by atoms with E-state index in [0.717, 1.165) is 38.3 Å². The van der Waals surface area contributed by atoms with Crippen molar-refractivity contribution in [2.45, 2.75) is 63.1 Å². The lowest BCUT2D eigenvalue weighted by atomic mass is 9.88. The van der Waals surface area contributed by atoms with Crippen LogP contribution in [-0.4, -0.2) is 65.3 Å². The summed E-state index contributed by atoms with van der Waals surface area (Å²) in [6.45, 7) is 7.70. The van der Waals surface area contributed by atoms with Gasteiger partial charge in [-0.25, -0.2) is 0 Å². The Hall–Kier alpha value is -0.160. The fraction of sp³-hybridized carbons (Fsp3) is 1.00. The summed E-state index contributed by atoms with van der Waals surface area (Å²) in [6, 6.07) is 1.46. The van der Waals surface area contributed by atoms with Crippen molar-refractivity contribution in [3.05, 3.63) is 0 Å². The van der Waals surface area contributed by atoms with Gasteiger partial charge in [0.1, 0.15) is 0 Å². The molecule has 4 nitrogen and oxygen atoms in total. The molecule has 3 N–H and O–H groups in total. The first kappa shape index (κ1) is 14.8. The third kappa shape index (κ3) is 2.76. The predicted molar refractivity (Wildman–Crippen MR) is 81.6 cm³/mol. The van der Waals surface area contributed by atoms with Crippen LogP contribution in [0.1, 0.15) is 45.4 Å². The second-order valence-electron chi connectivity index (χ2n) is 7.32. The van der Waals surface area contributed by atoms with Crippen LogP contribution in [-0.2, 0) is 0 Å². The van der Waals surface area contributed by atoms with Gasteiger partial charge in [-0.05, 0) is 58.0 Å². The molecule has 3 fully saturated rings. The quantitative estimate of drug-likeness (QED) is 0.808. The molecule has 2 saturated heterocycles. The van der Waals surface area contributed by atoms with E-state index in [9.17, 15) is 5.11 Å². The first-order valence-electron chi connectivity index (χ1n) is 8.53. The maximum Gasteiger partial charge on any atom is 0.0797 e. The fourth-order valence-corrected chi connectivity index (χ4v) is 4.69. The molecule has 3 rings (SSSR count). The molecule has 3 aliphatic rings. The number of piperazine rings is 1. The summed E-state index contributed by atoms with van der Waals surface area (Å²) >= 11 is 0. The summed E-state index contributed by atoms with van der Waals surface area (Å²) in [5.41, 5.74) is 5.22. The minimum atomic E-state index is -0.571. The third-order valence-corrected chi connectivity index (χ3v) is 6.11. The summed E-state index contributed by atoms with van der Waals surface area (Å²) in [7, 11) is 0. The highest BCUT2D eigenvalue weighted by molar-refractivity contribution is 4.95. The molecule has 0 spiro atoms. The number of aliphatic hydroxyl groups is 1. The number of hydrogen-bond donors (Lipinski definition) is 2. The van der Waals surface area contributed by atoms with Gasteiger partial charge in [0.05, 0.1) is 5.60 Å². The van der Waals surface area contributed by atoms with E-state index in [2.05, 4.69) is 16.7 Å². The van der Waals surface area contributed by atoms with Crippen LogP contribution in [0, 0.1) is 5.92 Å². The Balaban J connectivity index is 1.53. The Morgan fingerprint density at radius 3 is 2.90 bits per heavy atom. The Morgan fingerprint density at radius 2 is 2.10 bits per heavy atom. The number of nitrogens with zero attached hydrogens (tertiary/aromatic N) is 2. The molecule has 0 amide bonds. The molecule has 0 aromatic rings. The largest absolute Gasteiger partial charge is 0.388 e. The normalized spacial score (nSPS) is 43.0. The van der Waals surface area contributed by atoms with Crippen LogP contribution in [0.5, 0.6) is 0 Å². The molecule has 2 heterocycles. The maximum absolute atomic E-state index is 10.6. The lowest BCUT2D eigenvalue weighted by molar-refractivity contribution is -0.00359. The van der Waals surface area contributed by atoms with Crippen LogP contribution < -0.4 is 5.73 Å². The van der Waals surface area contributed by atoms with Gasteiger partial charge in [-0.1, -0.05) is 6.42 Å². The van der Waals surface area contributed by atoms with E-state index in [1.807, 2.05) is 0 Å². The molecule has 0 aromatic heterocycles. The van der Waals surface area contributed by atoms with Crippen LogP contribution in [0.4, 0.5) is 0 Å². The monoisotopic (exact) mass is 281 g/mol. The first-order chi connectivity index (χ1) is 9.62. The van der Waals surface area contributed by atoms with E-state index in [1.54, 1.807) is 0 Å². The Labute approximate surface area is 123 Å². The SMILES string of the molecule is CC1CN2CCCC2CN1CCC1CCCC1(O)CN. The van der Waals surface area contributed by atoms with Gasteiger partial charge in [0.15, 0.2) is 0 Å². The summed E-state index contributed by atoms with van der Waals surface area (Å²) in [4.78, 5) is 5.33. The topological polar surface area (TPSA) is 52.7 Å². The molecule has 20 heavy (non-hydrogen) atoms. The molecule has 1 saturated carbocycles. The van der Waals surface area contributed by atoms with Crippen LogP contribution in [0.15, 0.2) is 0 Å². The molecule has 0 radical (unpaired) electrons. The van der Waals surface area contributed by atoms with Crippen molar-refractivity contribution in [3.63, 3.8) is 0 Å². The van der Waals surface area contributed by atoms with Gasteiger partial charge >= 0.3 is 0 Å². The molecule has 0 aromatic carbocycles. The van der Waals surface area contributed by atoms with Crippen LogP contribution in [0.3, 0.4) is 0 Å². The highest BCUT2D eigenvalue weighted by Gasteiger charge is 2.40. The van der Waals surface area contributed by atoms with Crippen molar-refractivity contribution < 1.29 is 5.11 Å². The van der Waals surface area contributed by atoms with E-state index in [-0.39, 0.29) is 0 Å². The van der Waals surface area contributed by atoms with Gasteiger partial charge in [0.25, 0.3) is 0 Å². The molecule has 4 atom stereocenters. The molecular formula is C16H31N3O. The van der Waals surface area contributed by atoms with Gasteiger partial charge < -0.3 is 10.8 Å². The van der Waals surface area contributed by atoms with E-state index in [1.165, 1.54) is 32.5 Å². The highest BCUT2D eigenvalue weighted by Crippen LogP contribution is 2.37. The molecule has 4 heteroatoms. The first-order valence-corrected chi connectivity index (χ1v) is 8.53. The van der Waals surface area contributed by atoms with Gasteiger partial charge in [0.2, 0.25) is 0 Å². The number of rotatable bonds is 4. The average molecular weight is 281 g/mol. The van der Waals surface area contributed by atoms with Crippen LogP contribution in [0.2, 0.25) is 0 Å². The third-order valence-electron chi connectivity index (χ3n) is 6.11. The Bertz CT molecular complexity index is 338. The summed E-state index contributed by atoms with van der Waals surface area (Å²) < 4.78 is 0. The van der Waals surface area contributed by atoms with Crippen LogP contribution >= 0.6 is 0 Å². The second-order valence-corrected chi connectivity index (χ2v) is 7.32. The average Bonchev–Trinajstić information content (AvgIpc) is 3.03. The summed E-state index contributed by atoms with van der Waals surface area (Å²) in [5, 5.41) is 10.6. The number of hydrogen-bond acceptors (Lipinski definition) is 4. The zero-order valence-electron chi connectivity index (χ0n) is 12.9.